The third-order valence-corrected chi connectivity index (χ3v) is 4.30. The summed E-state index contributed by atoms with van der Waals surface area (Å²) in [6, 6.07) is 9.48. The molecule has 0 amide bonds. The van der Waals surface area contributed by atoms with Crippen molar-refractivity contribution in [2.24, 2.45) is 5.92 Å². The van der Waals surface area contributed by atoms with Gasteiger partial charge in [-0.25, -0.2) is 0 Å². The molecule has 1 fully saturated rings. The molecule has 1 saturated carbocycles. The molecule has 0 bridgehead atoms. The third-order valence-electron chi connectivity index (χ3n) is 4.30. The second kappa shape index (κ2) is 6.24. The van der Waals surface area contributed by atoms with E-state index in [1.54, 1.807) is 0 Å². The molecule has 1 N–H and O–H groups in total. The van der Waals surface area contributed by atoms with E-state index in [0.717, 1.165) is 12.5 Å². The van der Waals surface area contributed by atoms with E-state index in [-0.39, 0.29) is 0 Å². The quantitative estimate of drug-likeness (QED) is 0.875. The molecule has 18 heavy (non-hydrogen) atoms. The van der Waals surface area contributed by atoms with Gasteiger partial charge in [0.2, 0.25) is 0 Å². The molecule has 0 saturated heterocycles. The fraction of sp³-hybridized carbons (Fsp3) is 0.625. The van der Waals surface area contributed by atoms with E-state index < -0.39 is 0 Å². The summed E-state index contributed by atoms with van der Waals surface area (Å²) in [4.78, 5) is 2.51. The van der Waals surface area contributed by atoms with Gasteiger partial charge in [0.15, 0.2) is 0 Å². The first kappa shape index (κ1) is 13.4. The highest BCUT2D eigenvalue weighted by Gasteiger charge is 2.25. The molecule has 0 heterocycles. The highest BCUT2D eigenvalue weighted by atomic mass is 15.1. The zero-order valence-electron chi connectivity index (χ0n) is 11.9. The SMILES string of the molecule is CNCc1ccccc1N(C)C1CCCCC1C. The molecule has 1 aromatic carbocycles. The minimum Gasteiger partial charge on any atom is -0.371 e. The van der Waals surface area contributed by atoms with Crippen LogP contribution in [0, 0.1) is 5.92 Å². The van der Waals surface area contributed by atoms with Gasteiger partial charge in [0.25, 0.3) is 0 Å². The average Bonchev–Trinajstić information content (AvgIpc) is 2.40. The molecule has 2 atom stereocenters. The molecule has 0 radical (unpaired) electrons. The van der Waals surface area contributed by atoms with Crippen LogP contribution in [0.15, 0.2) is 24.3 Å². The number of rotatable bonds is 4. The summed E-state index contributed by atoms with van der Waals surface area (Å²) in [6.07, 6.45) is 5.51. The number of hydrogen-bond donors (Lipinski definition) is 1. The van der Waals surface area contributed by atoms with Gasteiger partial charge in [-0.15, -0.1) is 0 Å². The maximum absolute atomic E-state index is 3.27. The van der Waals surface area contributed by atoms with Crippen molar-refractivity contribution in [1.82, 2.24) is 5.32 Å². The number of anilines is 1. The van der Waals surface area contributed by atoms with Crippen molar-refractivity contribution in [3.8, 4) is 0 Å². The normalized spacial score (nSPS) is 23.9. The van der Waals surface area contributed by atoms with Crippen LogP contribution in [0.3, 0.4) is 0 Å². The molecule has 2 unspecified atom stereocenters. The molecule has 2 rings (SSSR count). The monoisotopic (exact) mass is 246 g/mol. The van der Waals surface area contributed by atoms with E-state index in [4.69, 9.17) is 0 Å². The van der Waals surface area contributed by atoms with Crippen LogP contribution in [-0.4, -0.2) is 20.1 Å². The van der Waals surface area contributed by atoms with Crippen LogP contribution in [0.1, 0.15) is 38.2 Å². The van der Waals surface area contributed by atoms with Crippen LogP contribution in [0.5, 0.6) is 0 Å². The maximum atomic E-state index is 3.27. The van der Waals surface area contributed by atoms with Gasteiger partial charge >= 0.3 is 0 Å². The molecule has 0 spiro atoms. The Balaban J connectivity index is 2.19. The Bertz CT molecular complexity index is 375. The van der Waals surface area contributed by atoms with Crippen molar-refractivity contribution in [2.45, 2.75) is 45.2 Å². The lowest BCUT2D eigenvalue weighted by Crippen LogP contribution is -2.39. The molecule has 2 heteroatoms. The Labute approximate surface area is 111 Å². The van der Waals surface area contributed by atoms with Crippen molar-refractivity contribution in [3.63, 3.8) is 0 Å². The van der Waals surface area contributed by atoms with E-state index in [9.17, 15) is 0 Å². The summed E-state index contributed by atoms with van der Waals surface area (Å²) >= 11 is 0. The lowest BCUT2D eigenvalue weighted by atomic mass is 9.84. The van der Waals surface area contributed by atoms with Gasteiger partial charge < -0.3 is 10.2 Å². The summed E-state index contributed by atoms with van der Waals surface area (Å²) in [5, 5.41) is 3.27. The number of benzene rings is 1. The van der Waals surface area contributed by atoms with Crippen molar-refractivity contribution in [3.05, 3.63) is 29.8 Å². The Morgan fingerprint density at radius 1 is 1.22 bits per heavy atom. The fourth-order valence-corrected chi connectivity index (χ4v) is 3.25. The Hall–Kier alpha value is -1.02. The first-order valence-electron chi connectivity index (χ1n) is 7.19. The first-order chi connectivity index (χ1) is 8.74. The summed E-state index contributed by atoms with van der Waals surface area (Å²) in [7, 11) is 4.28. The molecule has 1 aliphatic carbocycles. The number of para-hydroxylation sites is 1. The minimum absolute atomic E-state index is 0.705. The van der Waals surface area contributed by atoms with Gasteiger partial charge in [-0.05, 0) is 37.4 Å². The predicted molar refractivity (Wildman–Crippen MR) is 79.0 cm³/mol. The van der Waals surface area contributed by atoms with Gasteiger partial charge in [-0.1, -0.05) is 38.0 Å². The van der Waals surface area contributed by atoms with E-state index >= 15 is 0 Å². The number of nitrogens with zero attached hydrogens (tertiary/aromatic N) is 1. The van der Waals surface area contributed by atoms with Crippen LogP contribution < -0.4 is 10.2 Å². The summed E-state index contributed by atoms with van der Waals surface area (Å²) < 4.78 is 0. The maximum Gasteiger partial charge on any atom is 0.0411 e. The Morgan fingerprint density at radius 3 is 2.67 bits per heavy atom. The van der Waals surface area contributed by atoms with E-state index in [1.807, 2.05) is 7.05 Å². The zero-order valence-corrected chi connectivity index (χ0v) is 11.9. The second-order valence-corrected chi connectivity index (χ2v) is 5.60. The van der Waals surface area contributed by atoms with Gasteiger partial charge in [0.1, 0.15) is 0 Å². The van der Waals surface area contributed by atoms with E-state index in [2.05, 4.69) is 48.5 Å². The number of hydrogen-bond acceptors (Lipinski definition) is 2. The molecular weight excluding hydrogens is 220 g/mol. The fourth-order valence-electron chi connectivity index (χ4n) is 3.25. The summed E-state index contributed by atoms with van der Waals surface area (Å²) in [6.45, 7) is 3.35. The van der Waals surface area contributed by atoms with Crippen molar-refractivity contribution in [2.75, 3.05) is 19.0 Å². The molecule has 0 aliphatic heterocycles. The van der Waals surface area contributed by atoms with Crippen LogP contribution in [-0.2, 0) is 6.54 Å². The Kier molecular flexibility index (Phi) is 4.65. The van der Waals surface area contributed by atoms with Gasteiger partial charge in [-0.2, -0.15) is 0 Å². The Morgan fingerprint density at radius 2 is 1.94 bits per heavy atom. The molecule has 100 valence electrons. The van der Waals surface area contributed by atoms with Crippen LogP contribution >= 0.6 is 0 Å². The van der Waals surface area contributed by atoms with Gasteiger partial charge in [-0.3, -0.25) is 0 Å². The molecular formula is C16H26N2. The second-order valence-electron chi connectivity index (χ2n) is 5.60. The first-order valence-corrected chi connectivity index (χ1v) is 7.19. The van der Waals surface area contributed by atoms with Crippen molar-refractivity contribution in [1.29, 1.82) is 0 Å². The van der Waals surface area contributed by atoms with Crippen LogP contribution in [0.2, 0.25) is 0 Å². The van der Waals surface area contributed by atoms with Crippen LogP contribution in [0.4, 0.5) is 5.69 Å². The lowest BCUT2D eigenvalue weighted by Gasteiger charge is -2.38. The highest BCUT2D eigenvalue weighted by Crippen LogP contribution is 2.31. The largest absolute Gasteiger partial charge is 0.371 e. The van der Waals surface area contributed by atoms with Gasteiger partial charge in [0, 0.05) is 25.3 Å². The summed E-state index contributed by atoms with van der Waals surface area (Å²) in [5.74, 6) is 0.811. The van der Waals surface area contributed by atoms with Gasteiger partial charge in [0.05, 0.1) is 0 Å². The van der Waals surface area contributed by atoms with Crippen LogP contribution in [0.25, 0.3) is 0 Å². The molecule has 0 aromatic heterocycles. The highest BCUT2D eigenvalue weighted by molar-refractivity contribution is 5.54. The van der Waals surface area contributed by atoms with E-state index in [0.29, 0.717) is 6.04 Å². The molecule has 1 aromatic rings. The average molecular weight is 246 g/mol. The number of nitrogens with one attached hydrogen (secondary N) is 1. The zero-order chi connectivity index (χ0) is 13.0. The molecule has 1 aliphatic rings. The minimum atomic E-state index is 0.705. The molecule has 2 nitrogen and oxygen atoms in total. The summed E-state index contributed by atoms with van der Waals surface area (Å²) in [5.41, 5.74) is 2.80. The third kappa shape index (κ3) is 2.86. The standard InChI is InChI=1S/C16H26N2/c1-13-8-4-6-10-15(13)18(3)16-11-7-5-9-14(16)12-17-2/h5,7,9,11,13,15,17H,4,6,8,10,12H2,1-3H3. The topological polar surface area (TPSA) is 15.3 Å². The van der Waals surface area contributed by atoms with Crippen molar-refractivity contribution < 1.29 is 0 Å². The van der Waals surface area contributed by atoms with Crippen molar-refractivity contribution >= 4 is 5.69 Å². The van der Waals surface area contributed by atoms with E-state index in [1.165, 1.54) is 36.9 Å². The predicted octanol–water partition coefficient (Wildman–Crippen LogP) is 3.42. The lowest BCUT2D eigenvalue weighted by molar-refractivity contribution is 0.321. The smallest absolute Gasteiger partial charge is 0.0411 e.